The first kappa shape index (κ1) is 18.6. The highest BCUT2D eigenvalue weighted by Crippen LogP contribution is 2.17. The SMILES string of the molecule is CCCCN(C)C(=O)c1cccc(C(=O)Nc2cc(C)ccc2C)n1. The van der Waals surface area contributed by atoms with Gasteiger partial charge in [0.05, 0.1) is 0 Å². The van der Waals surface area contributed by atoms with Crippen molar-refractivity contribution in [3.63, 3.8) is 0 Å². The van der Waals surface area contributed by atoms with Crippen molar-refractivity contribution < 1.29 is 9.59 Å². The van der Waals surface area contributed by atoms with Crippen LogP contribution in [0.2, 0.25) is 0 Å². The van der Waals surface area contributed by atoms with E-state index in [-0.39, 0.29) is 23.2 Å². The van der Waals surface area contributed by atoms with Gasteiger partial charge < -0.3 is 10.2 Å². The Kier molecular flexibility index (Phi) is 6.28. The summed E-state index contributed by atoms with van der Waals surface area (Å²) in [5, 5.41) is 2.87. The number of nitrogens with one attached hydrogen (secondary N) is 1. The quantitative estimate of drug-likeness (QED) is 0.870. The molecule has 1 aromatic carbocycles. The smallest absolute Gasteiger partial charge is 0.274 e. The second-order valence-electron chi connectivity index (χ2n) is 6.26. The van der Waals surface area contributed by atoms with E-state index < -0.39 is 0 Å². The van der Waals surface area contributed by atoms with E-state index in [1.54, 1.807) is 30.1 Å². The van der Waals surface area contributed by atoms with Crippen LogP contribution in [-0.4, -0.2) is 35.3 Å². The van der Waals surface area contributed by atoms with Crippen LogP contribution in [0.5, 0.6) is 0 Å². The number of pyridine rings is 1. The summed E-state index contributed by atoms with van der Waals surface area (Å²) in [6.45, 7) is 6.66. The van der Waals surface area contributed by atoms with E-state index in [1.807, 2.05) is 32.0 Å². The molecule has 132 valence electrons. The van der Waals surface area contributed by atoms with E-state index in [1.165, 1.54) is 0 Å². The molecule has 0 aliphatic rings. The lowest BCUT2D eigenvalue weighted by molar-refractivity contribution is 0.0787. The minimum absolute atomic E-state index is 0.171. The molecular formula is C20H25N3O2. The third-order valence-corrected chi connectivity index (χ3v) is 4.04. The molecule has 0 saturated carbocycles. The van der Waals surface area contributed by atoms with Crippen molar-refractivity contribution in [3.05, 3.63) is 58.9 Å². The van der Waals surface area contributed by atoms with Gasteiger partial charge in [-0.2, -0.15) is 0 Å². The maximum absolute atomic E-state index is 12.5. The van der Waals surface area contributed by atoms with Gasteiger partial charge in [0.25, 0.3) is 11.8 Å². The van der Waals surface area contributed by atoms with Gasteiger partial charge in [0.1, 0.15) is 11.4 Å². The van der Waals surface area contributed by atoms with Crippen molar-refractivity contribution >= 4 is 17.5 Å². The Morgan fingerprint density at radius 3 is 2.56 bits per heavy atom. The molecule has 2 amide bonds. The molecule has 0 atom stereocenters. The number of hydrogen-bond donors (Lipinski definition) is 1. The lowest BCUT2D eigenvalue weighted by atomic mass is 10.1. The standard InChI is InChI=1S/C20H25N3O2/c1-5-6-12-23(4)20(25)17-9-7-8-16(21-17)19(24)22-18-13-14(2)10-11-15(18)3/h7-11,13H,5-6,12H2,1-4H3,(H,22,24). The molecule has 0 radical (unpaired) electrons. The molecule has 0 fully saturated rings. The second-order valence-corrected chi connectivity index (χ2v) is 6.26. The largest absolute Gasteiger partial charge is 0.340 e. The Bertz CT molecular complexity index is 771. The Morgan fingerprint density at radius 2 is 1.84 bits per heavy atom. The van der Waals surface area contributed by atoms with Gasteiger partial charge in [-0.05, 0) is 49.6 Å². The van der Waals surface area contributed by atoms with Crippen molar-refractivity contribution in [2.75, 3.05) is 18.9 Å². The highest BCUT2D eigenvalue weighted by Gasteiger charge is 2.16. The van der Waals surface area contributed by atoms with Crippen LogP contribution < -0.4 is 5.32 Å². The van der Waals surface area contributed by atoms with Gasteiger partial charge in [0.15, 0.2) is 0 Å². The number of anilines is 1. The first-order chi connectivity index (χ1) is 11.9. The van der Waals surface area contributed by atoms with Crippen molar-refractivity contribution in [1.82, 2.24) is 9.88 Å². The van der Waals surface area contributed by atoms with Crippen LogP contribution in [0, 0.1) is 13.8 Å². The molecule has 0 unspecified atom stereocenters. The van der Waals surface area contributed by atoms with Crippen molar-refractivity contribution in [1.29, 1.82) is 0 Å². The number of aromatic nitrogens is 1. The van der Waals surface area contributed by atoms with Crippen molar-refractivity contribution in [3.8, 4) is 0 Å². The van der Waals surface area contributed by atoms with Crippen LogP contribution in [0.3, 0.4) is 0 Å². The fraction of sp³-hybridized carbons (Fsp3) is 0.350. The number of benzene rings is 1. The molecule has 5 nitrogen and oxygen atoms in total. The van der Waals surface area contributed by atoms with Crippen LogP contribution in [-0.2, 0) is 0 Å². The number of unbranched alkanes of at least 4 members (excludes halogenated alkanes) is 1. The first-order valence-corrected chi connectivity index (χ1v) is 8.53. The second kappa shape index (κ2) is 8.42. The summed E-state index contributed by atoms with van der Waals surface area (Å²) in [7, 11) is 1.75. The van der Waals surface area contributed by atoms with Crippen molar-refractivity contribution in [2.24, 2.45) is 0 Å². The molecule has 1 aromatic heterocycles. The van der Waals surface area contributed by atoms with Crippen molar-refractivity contribution in [2.45, 2.75) is 33.6 Å². The summed E-state index contributed by atoms with van der Waals surface area (Å²) in [6.07, 6.45) is 1.96. The fourth-order valence-electron chi connectivity index (χ4n) is 2.43. The number of aryl methyl sites for hydroxylation is 2. The van der Waals surface area contributed by atoms with Crippen LogP contribution >= 0.6 is 0 Å². The number of hydrogen-bond acceptors (Lipinski definition) is 3. The average Bonchev–Trinajstić information content (AvgIpc) is 2.62. The monoisotopic (exact) mass is 339 g/mol. The van der Waals surface area contributed by atoms with Gasteiger partial charge in [0.2, 0.25) is 0 Å². The molecule has 1 N–H and O–H groups in total. The summed E-state index contributed by atoms with van der Waals surface area (Å²) >= 11 is 0. The lowest BCUT2D eigenvalue weighted by Gasteiger charge is -2.16. The Morgan fingerprint density at radius 1 is 1.12 bits per heavy atom. The molecule has 0 aliphatic carbocycles. The Balaban J connectivity index is 2.16. The fourth-order valence-corrected chi connectivity index (χ4v) is 2.43. The van der Waals surface area contributed by atoms with E-state index in [9.17, 15) is 9.59 Å². The molecule has 1 heterocycles. The summed E-state index contributed by atoms with van der Waals surface area (Å²) < 4.78 is 0. The number of carbonyl (C=O) groups excluding carboxylic acids is 2. The van der Waals surface area contributed by atoms with Crippen LogP contribution in [0.1, 0.15) is 51.9 Å². The molecule has 0 bridgehead atoms. The molecule has 2 aromatic rings. The molecule has 0 saturated heterocycles. The van der Waals surface area contributed by atoms with Crippen LogP contribution in [0.15, 0.2) is 36.4 Å². The minimum atomic E-state index is -0.320. The zero-order chi connectivity index (χ0) is 18.4. The third-order valence-electron chi connectivity index (χ3n) is 4.04. The predicted octanol–water partition coefficient (Wildman–Crippen LogP) is 3.82. The Hall–Kier alpha value is -2.69. The van der Waals surface area contributed by atoms with E-state index in [0.717, 1.165) is 29.7 Å². The van der Waals surface area contributed by atoms with E-state index in [4.69, 9.17) is 0 Å². The van der Waals surface area contributed by atoms with Crippen LogP contribution in [0.4, 0.5) is 5.69 Å². The molecule has 25 heavy (non-hydrogen) atoms. The minimum Gasteiger partial charge on any atom is -0.340 e. The third kappa shape index (κ3) is 4.89. The summed E-state index contributed by atoms with van der Waals surface area (Å²) in [4.78, 5) is 30.8. The van der Waals surface area contributed by atoms with E-state index in [2.05, 4.69) is 17.2 Å². The van der Waals surface area contributed by atoms with Gasteiger partial charge in [-0.3, -0.25) is 9.59 Å². The number of rotatable bonds is 6. The molecule has 0 aliphatic heterocycles. The predicted molar refractivity (Wildman–Crippen MR) is 100.0 cm³/mol. The average molecular weight is 339 g/mol. The zero-order valence-corrected chi connectivity index (χ0v) is 15.3. The summed E-state index contributed by atoms with van der Waals surface area (Å²) in [6, 6.07) is 10.8. The lowest BCUT2D eigenvalue weighted by Crippen LogP contribution is -2.29. The number of nitrogens with zero attached hydrogens (tertiary/aromatic N) is 2. The van der Waals surface area contributed by atoms with Gasteiger partial charge in [0, 0.05) is 19.3 Å². The maximum atomic E-state index is 12.5. The number of carbonyl (C=O) groups is 2. The van der Waals surface area contributed by atoms with Gasteiger partial charge in [-0.15, -0.1) is 0 Å². The molecule has 2 rings (SSSR count). The zero-order valence-electron chi connectivity index (χ0n) is 15.3. The van der Waals surface area contributed by atoms with Gasteiger partial charge in [-0.1, -0.05) is 31.5 Å². The molecular weight excluding hydrogens is 314 g/mol. The van der Waals surface area contributed by atoms with E-state index >= 15 is 0 Å². The van der Waals surface area contributed by atoms with Gasteiger partial charge >= 0.3 is 0 Å². The van der Waals surface area contributed by atoms with E-state index in [0.29, 0.717) is 6.54 Å². The highest BCUT2D eigenvalue weighted by atomic mass is 16.2. The highest BCUT2D eigenvalue weighted by molar-refractivity contribution is 6.04. The summed E-state index contributed by atoms with van der Waals surface area (Å²) in [5.74, 6) is -0.491. The van der Waals surface area contributed by atoms with Crippen LogP contribution in [0.25, 0.3) is 0 Å². The maximum Gasteiger partial charge on any atom is 0.274 e. The number of amides is 2. The first-order valence-electron chi connectivity index (χ1n) is 8.53. The normalized spacial score (nSPS) is 10.4. The van der Waals surface area contributed by atoms with Gasteiger partial charge in [-0.25, -0.2) is 4.98 Å². The molecule has 0 spiro atoms. The summed E-state index contributed by atoms with van der Waals surface area (Å²) in [5.41, 5.74) is 3.31. The Labute approximate surface area is 149 Å². The topological polar surface area (TPSA) is 62.3 Å². The molecule has 5 heteroatoms.